The van der Waals surface area contributed by atoms with Crippen molar-refractivity contribution >= 4 is 0 Å². The van der Waals surface area contributed by atoms with E-state index in [-0.39, 0.29) is 17.9 Å². The minimum absolute atomic E-state index is 0.242. The number of nitrogens with zero attached hydrogens (tertiary/aromatic N) is 1. The lowest BCUT2D eigenvalue weighted by Crippen LogP contribution is -2.32. The van der Waals surface area contributed by atoms with Crippen molar-refractivity contribution in [3.63, 3.8) is 0 Å². The van der Waals surface area contributed by atoms with Crippen LogP contribution in [0, 0.1) is 12.7 Å². The summed E-state index contributed by atoms with van der Waals surface area (Å²) in [6, 6.07) is 4.45. The number of hydrogen-bond donors (Lipinski definition) is 1. The molecule has 5 heteroatoms. The maximum absolute atomic E-state index is 13.2. The zero-order valence-corrected chi connectivity index (χ0v) is 10.9. The standard InChI is InChI=1S/C14H15FN2O2/c1-3-10-7-17(14(19)16-13(10)18)8-11-6-12(15)5-4-9(11)2/h4-7H,3,8H2,1-2H3,(H,16,18,19). The molecular formula is C14H15FN2O2. The first kappa shape index (κ1) is 13.3. The van der Waals surface area contributed by atoms with Gasteiger partial charge in [0, 0.05) is 11.8 Å². The maximum atomic E-state index is 13.2. The smallest absolute Gasteiger partial charge is 0.296 e. The molecule has 1 aromatic heterocycles. The van der Waals surface area contributed by atoms with Crippen molar-refractivity contribution < 1.29 is 4.39 Å². The number of aromatic nitrogens is 2. The van der Waals surface area contributed by atoms with Crippen molar-refractivity contribution in [1.29, 1.82) is 0 Å². The average molecular weight is 262 g/mol. The van der Waals surface area contributed by atoms with Crippen LogP contribution in [0.25, 0.3) is 0 Å². The third-order valence-electron chi connectivity index (χ3n) is 3.12. The van der Waals surface area contributed by atoms with Crippen molar-refractivity contribution in [1.82, 2.24) is 9.55 Å². The Morgan fingerprint density at radius 3 is 2.68 bits per heavy atom. The lowest BCUT2D eigenvalue weighted by atomic mass is 10.1. The number of benzene rings is 1. The van der Waals surface area contributed by atoms with Crippen molar-refractivity contribution in [2.24, 2.45) is 0 Å². The van der Waals surface area contributed by atoms with Gasteiger partial charge in [-0.3, -0.25) is 14.3 Å². The molecule has 0 saturated heterocycles. The summed E-state index contributed by atoms with van der Waals surface area (Å²) in [6.45, 7) is 3.94. The molecule has 19 heavy (non-hydrogen) atoms. The predicted molar refractivity (Wildman–Crippen MR) is 70.9 cm³/mol. The Morgan fingerprint density at radius 1 is 1.26 bits per heavy atom. The van der Waals surface area contributed by atoms with Crippen LogP contribution in [-0.4, -0.2) is 9.55 Å². The average Bonchev–Trinajstić information content (AvgIpc) is 2.37. The highest BCUT2D eigenvalue weighted by Gasteiger charge is 2.06. The van der Waals surface area contributed by atoms with E-state index in [0.717, 1.165) is 11.1 Å². The van der Waals surface area contributed by atoms with Gasteiger partial charge in [0.15, 0.2) is 0 Å². The van der Waals surface area contributed by atoms with Crippen LogP contribution in [0.3, 0.4) is 0 Å². The Kier molecular flexibility index (Phi) is 3.64. The lowest BCUT2D eigenvalue weighted by molar-refractivity contribution is 0.620. The fourth-order valence-electron chi connectivity index (χ4n) is 1.92. The van der Waals surface area contributed by atoms with Crippen LogP contribution in [0.1, 0.15) is 23.6 Å². The third kappa shape index (κ3) is 2.81. The first-order valence-corrected chi connectivity index (χ1v) is 6.09. The molecule has 2 aromatic rings. The van der Waals surface area contributed by atoms with Gasteiger partial charge in [0.2, 0.25) is 0 Å². The van der Waals surface area contributed by atoms with E-state index in [4.69, 9.17) is 0 Å². The van der Waals surface area contributed by atoms with E-state index in [1.165, 1.54) is 22.9 Å². The second-order valence-corrected chi connectivity index (χ2v) is 4.47. The summed E-state index contributed by atoms with van der Waals surface area (Å²) in [5.74, 6) is -0.339. The Hall–Kier alpha value is -2.17. The van der Waals surface area contributed by atoms with Gasteiger partial charge in [-0.2, -0.15) is 0 Å². The molecule has 0 aliphatic rings. The molecule has 1 heterocycles. The monoisotopic (exact) mass is 262 g/mol. The van der Waals surface area contributed by atoms with Crippen molar-refractivity contribution in [2.45, 2.75) is 26.8 Å². The molecule has 0 aliphatic heterocycles. The molecule has 0 aliphatic carbocycles. The highest BCUT2D eigenvalue weighted by atomic mass is 19.1. The number of aryl methyl sites for hydroxylation is 2. The summed E-state index contributed by atoms with van der Waals surface area (Å²) < 4.78 is 14.6. The summed E-state index contributed by atoms with van der Waals surface area (Å²) in [4.78, 5) is 25.5. The number of rotatable bonds is 3. The van der Waals surface area contributed by atoms with Crippen LogP contribution in [0.5, 0.6) is 0 Å². The summed E-state index contributed by atoms with van der Waals surface area (Å²) in [6.07, 6.45) is 2.07. The Balaban J connectivity index is 2.46. The molecule has 2 rings (SSSR count). The third-order valence-corrected chi connectivity index (χ3v) is 3.12. The Labute approximate surface area is 109 Å². The van der Waals surface area contributed by atoms with Gasteiger partial charge >= 0.3 is 5.69 Å². The van der Waals surface area contributed by atoms with Crippen molar-refractivity contribution in [3.8, 4) is 0 Å². The van der Waals surface area contributed by atoms with Crippen molar-refractivity contribution in [3.05, 3.63) is 67.7 Å². The number of nitrogens with one attached hydrogen (secondary N) is 1. The molecule has 0 spiro atoms. The van der Waals surface area contributed by atoms with E-state index < -0.39 is 5.69 Å². The van der Waals surface area contributed by atoms with Crippen LogP contribution in [0.2, 0.25) is 0 Å². The zero-order valence-electron chi connectivity index (χ0n) is 10.9. The van der Waals surface area contributed by atoms with Gasteiger partial charge in [-0.1, -0.05) is 13.0 Å². The summed E-state index contributed by atoms with van der Waals surface area (Å²) >= 11 is 0. The molecule has 100 valence electrons. The van der Waals surface area contributed by atoms with Crippen LogP contribution in [0.4, 0.5) is 4.39 Å². The molecule has 0 amide bonds. The molecule has 1 aromatic carbocycles. The molecule has 0 atom stereocenters. The van der Waals surface area contributed by atoms with E-state index >= 15 is 0 Å². The number of hydrogen-bond acceptors (Lipinski definition) is 2. The van der Waals surface area contributed by atoms with Gasteiger partial charge in [-0.25, -0.2) is 9.18 Å². The highest BCUT2D eigenvalue weighted by Crippen LogP contribution is 2.11. The normalized spacial score (nSPS) is 10.7. The van der Waals surface area contributed by atoms with Crippen molar-refractivity contribution in [2.75, 3.05) is 0 Å². The molecule has 0 radical (unpaired) electrons. The van der Waals surface area contributed by atoms with Gasteiger partial charge in [-0.05, 0) is 36.6 Å². The van der Waals surface area contributed by atoms with E-state index in [1.807, 2.05) is 13.8 Å². The maximum Gasteiger partial charge on any atom is 0.328 e. The number of H-pyrrole nitrogens is 1. The second kappa shape index (κ2) is 5.22. The number of aromatic amines is 1. The van der Waals surface area contributed by atoms with E-state index in [9.17, 15) is 14.0 Å². The second-order valence-electron chi connectivity index (χ2n) is 4.47. The minimum atomic E-state index is -0.481. The van der Waals surface area contributed by atoms with E-state index in [0.29, 0.717) is 12.0 Å². The fourth-order valence-corrected chi connectivity index (χ4v) is 1.92. The fraction of sp³-hybridized carbons (Fsp3) is 0.286. The van der Waals surface area contributed by atoms with Crippen LogP contribution >= 0.6 is 0 Å². The zero-order chi connectivity index (χ0) is 14.0. The van der Waals surface area contributed by atoms with E-state index in [1.54, 1.807) is 6.07 Å². The molecule has 1 N–H and O–H groups in total. The molecule has 0 fully saturated rings. The molecule has 4 nitrogen and oxygen atoms in total. The lowest BCUT2D eigenvalue weighted by Gasteiger charge is -2.09. The highest BCUT2D eigenvalue weighted by molar-refractivity contribution is 5.27. The predicted octanol–water partition coefficient (Wildman–Crippen LogP) is 1.59. The minimum Gasteiger partial charge on any atom is -0.296 e. The van der Waals surface area contributed by atoms with Gasteiger partial charge in [0.05, 0.1) is 6.54 Å². The Bertz CT molecular complexity index is 716. The largest absolute Gasteiger partial charge is 0.328 e. The molecule has 0 unspecified atom stereocenters. The molecule has 0 bridgehead atoms. The first-order chi connectivity index (χ1) is 9.01. The Morgan fingerprint density at radius 2 is 2.00 bits per heavy atom. The van der Waals surface area contributed by atoms with Gasteiger partial charge in [0.25, 0.3) is 5.56 Å². The summed E-state index contributed by atoms with van der Waals surface area (Å²) in [5, 5.41) is 0. The van der Waals surface area contributed by atoms with Gasteiger partial charge in [0.1, 0.15) is 5.82 Å². The molecular weight excluding hydrogens is 247 g/mol. The van der Waals surface area contributed by atoms with Crippen LogP contribution < -0.4 is 11.2 Å². The van der Waals surface area contributed by atoms with Crippen LogP contribution in [-0.2, 0) is 13.0 Å². The van der Waals surface area contributed by atoms with Gasteiger partial charge in [-0.15, -0.1) is 0 Å². The quantitative estimate of drug-likeness (QED) is 0.913. The van der Waals surface area contributed by atoms with E-state index in [2.05, 4.69) is 4.98 Å². The number of halogens is 1. The molecule has 0 saturated carbocycles. The summed E-state index contributed by atoms with van der Waals surface area (Å²) in [7, 11) is 0. The van der Waals surface area contributed by atoms with Gasteiger partial charge < -0.3 is 0 Å². The SMILES string of the molecule is CCc1cn(Cc2cc(F)ccc2C)c(=O)[nH]c1=O. The first-order valence-electron chi connectivity index (χ1n) is 6.09. The topological polar surface area (TPSA) is 54.9 Å². The van der Waals surface area contributed by atoms with Crippen LogP contribution in [0.15, 0.2) is 34.0 Å². The summed E-state index contributed by atoms with van der Waals surface area (Å²) in [5.41, 5.74) is 1.31.